The van der Waals surface area contributed by atoms with Crippen molar-refractivity contribution in [1.29, 1.82) is 5.26 Å². The van der Waals surface area contributed by atoms with Gasteiger partial charge in [-0.1, -0.05) is 15.9 Å². The lowest BCUT2D eigenvalue weighted by Crippen LogP contribution is -2.39. The SMILES string of the molecule is COC(OC)C1CCN(c2ccc(Br)cc2C#N)CC1. The predicted octanol–water partition coefficient (Wildman–Crippen LogP) is 3.16. The fourth-order valence-electron chi connectivity index (χ4n) is 2.77. The molecule has 0 bridgehead atoms. The Morgan fingerprint density at radius 2 is 1.95 bits per heavy atom. The second kappa shape index (κ2) is 7.07. The number of halogens is 1. The van der Waals surface area contributed by atoms with Crippen LogP contribution in [0.2, 0.25) is 0 Å². The summed E-state index contributed by atoms with van der Waals surface area (Å²) in [5, 5.41) is 9.25. The first-order valence-corrected chi connectivity index (χ1v) is 7.49. The van der Waals surface area contributed by atoms with Crippen LogP contribution in [0.25, 0.3) is 0 Å². The normalized spacial score (nSPS) is 16.4. The summed E-state index contributed by atoms with van der Waals surface area (Å²) in [4.78, 5) is 2.27. The van der Waals surface area contributed by atoms with E-state index in [1.54, 1.807) is 14.2 Å². The smallest absolute Gasteiger partial charge is 0.159 e. The number of hydrogen-bond acceptors (Lipinski definition) is 4. The summed E-state index contributed by atoms with van der Waals surface area (Å²) in [5.74, 6) is 0.419. The lowest BCUT2D eigenvalue weighted by Gasteiger charge is -2.36. The van der Waals surface area contributed by atoms with Crippen LogP contribution in [-0.4, -0.2) is 33.6 Å². The van der Waals surface area contributed by atoms with Gasteiger partial charge in [0, 0.05) is 37.7 Å². The summed E-state index contributed by atoms with van der Waals surface area (Å²) in [7, 11) is 3.37. The van der Waals surface area contributed by atoms with Gasteiger partial charge < -0.3 is 14.4 Å². The van der Waals surface area contributed by atoms with Crippen molar-refractivity contribution in [2.45, 2.75) is 19.1 Å². The molecule has 0 atom stereocenters. The molecule has 1 aliphatic rings. The minimum Gasteiger partial charge on any atom is -0.370 e. The van der Waals surface area contributed by atoms with Crippen LogP contribution in [0.4, 0.5) is 5.69 Å². The summed E-state index contributed by atoms with van der Waals surface area (Å²) in [6.07, 6.45) is 1.89. The molecular formula is C15H19BrN2O2. The third-order valence-corrected chi connectivity index (χ3v) is 4.30. The molecule has 1 aromatic rings. The molecule has 4 nitrogen and oxygen atoms in total. The van der Waals surface area contributed by atoms with E-state index in [1.165, 1.54) is 0 Å². The molecule has 0 radical (unpaired) electrons. The number of nitrogens with zero attached hydrogens (tertiary/aromatic N) is 2. The summed E-state index contributed by atoms with van der Waals surface area (Å²) in [5.41, 5.74) is 1.73. The van der Waals surface area contributed by atoms with Gasteiger partial charge in [-0.15, -0.1) is 0 Å². The van der Waals surface area contributed by atoms with Crippen molar-refractivity contribution < 1.29 is 9.47 Å². The Labute approximate surface area is 128 Å². The fraction of sp³-hybridized carbons (Fsp3) is 0.533. The number of piperidine rings is 1. The Balaban J connectivity index is 2.06. The van der Waals surface area contributed by atoms with Crippen LogP contribution in [-0.2, 0) is 9.47 Å². The van der Waals surface area contributed by atoms with Crippen LogP contribution in [0.1, 0.15) is 18.4 Å². The molecule has 108 valence electrons. The van der Waals surface area contributed by atoms with Gasteiger partial charge >= 0.3 is 0 Å². The maximum absolute atomic E-state index is 9.25. The van der Waals surface area contributed by atoms with Gasteiger partial charge in [0.05, 0.1) is 11.3 Å². The van der Waals surface area contributed by atoms with Crippen LogP contribution < -0.4 is 4.90 Å². The van der Waals surface area contributed by atoms with E-state index in [4.69, 9.17) is 9.47 Å². The van der Waals surface area contributed by atoms with Crippen molar-refractivity contribution in [3.8, 4) is 6.07 Å². The average Bonchev–Trinajstić information content (AvgIpc) is 2.49. The summed E-state index contributed by atoms with van der Waals surface area (Å²) < 4.78 is 11.6. The number of benzene rings is 1. The second-order valence-corrected chi connectivity index (χ2v) is 5.85. The number of nitriles is 1. The molecule has 5 heteroatoms. The van der Waals surface area contributed by atoms with Crippen molar-refractivity contribution in [2.75, 3.05) is 32.2 Å². The molecule has 0 spiro atoms. The average molecular weight is 339 g/mol. The lowest BCUT2D eigenvalue weighted by atomic mass is 9.95. The first kappa shape index (κ1) is 15.3. The maximum atomic E-state index is 9.25. The van der Waals surface area contributed by atoms with Crippen molar-refractivity contribution in [2.24, 2.45) is 5.92 Å². The van der Waals surface area contributed by atoms with Gasteiger partial charge in [-0.05, 0) is 31.0 Å². The molecule has 0 saturated carbocycles. The zero-order chi connectivity index (χ0) is 14.5. The minimum absolute atomic E-state index is 0.127. The van der Waals surface area contributed by atoms with Crippen LogP contribution in [0.15, 0.2) is 22.7 Å². The highest BCUT2D eigenvalue weighted by atomic mass is 79.9. The van der Waals surface area contributed by atoms with E-state index < -0.39 is 0 Å². The fourth-order valence-corrected chi connectivity index (χ4v) is 3.13. The predicted molar refractivity (Wildman–Crippen MR) is 81.6 cm³/mol. The Morgan fingerprint density at radius 1 is 1.30 bits per heavy atom. The van der Waals surface area contributed by atoms with Gasteiger partial charge in [0.2, 0.25) is 0 Å². The molecule has 1 saturated heterocycles. The van der Waals surface area contributed by atoms with Crippen LogP contribution in [0.3, 0.4) is 0 Å². The molecule has 1 aromatic carbocycles. The molecular weight excluding hydrogens is 320 g/mol. The Hall–Kier alpha value is -1.09. The highest BCUT2D eigenvalue weighted by Gasteiger charge is 2.27. The van der Waals surface area contributed by atoms with Gasteiger partial charge in [0.15, 0.2) is 6.29 Å². The number of anilines is 1. The molecule has 1 fully saturated rings. The van der Waals surface area contributed by atoms with E-state index in [0.717, 1.165) is 36.1 Å². The summed E-state index contributed by atoms with van der Waals surface area (Å²) in [6.45, 7) is 1.84. The molecule has 0 aliphatic carbocycles. The van der Waals surface area contributed by atoms with E-state index >= 15 is 0 Å². The highest BCUT2D eigenvalue weighted by molar-refractivity contribution is 9.10. The van der Waals surface area contributed by atoms with Crippen LogP contribution in [0, 0.1) is 17.2 Å². The van der Waals surface area contributed by atoms with Crippen LogP contribution in [0.5, 0.6) is 0 Å². The maximum Gasteiger partial charge on any atom is 0.159 e. The largest absolute Gasteiger partial charge is 0.370 e. The molecule has 0 unspecified atom stereocenters. The third-order valence-electron chi connectivity index (χ3n) is 3.81. The molecule has 0 N–H and O–H groups in total. The van der Waals surface area contributed by atoms with Crippen molar-refractivity contribution >= 4 is 21.6 Å². The van der Waals surface area contributed by atoms with Crippen LogP contribution >= 0.6 is 15.9 Å². The van der Waals surface area contributed by atoms with Gasteiger partial charge in [-0.25, -0.2) is 0 Å². The molecule has 2 rings (SSSR count). The van der Waals surface area contributed by atoms with E-state index in [-0.39, 0.29) is 6.29 Å². The standard InChI is InChI=1S/C15H19BrN2O2/c1-19-15(20-2)11-5-7-18(8-6-11)14-4-3-13(16)9-12(14)10-17/h3-4,9,11,15H,5-8H2,1-2H3. The van der Waals surface area contributed by atoms with Gasteiger partial charge in [0.25, 0.3) is 0 Å². The monoisotopic (exact) mass is 338 g/mol. The number of methoxy groups -OCH3 is 2. The van der Waals surface area contributed by atoms with E-state index in [9.17, 15) is 5.26 Å². The number of rotatable bonds is 4. The minimum atomic E-state index is -0.127. The summed E-state index contributed by atoms with van der Waals surface area (Å²) in [6, 6.07) is 8.13. The first-order valence-electron chi connectivity index (χ1n) is 6.69. The second-order valence-electron chi connectivity index (χ2n) is 4.94. The van der Waals surface area contributed by atoms with E-state index in [1.807, 2.05) is 18.2 Å². The number of hydrogen-bond donors (Lipinski definition) is 0. The van der Waals surface area contributed by atoms with Crippen molar-refractivity contribution in [3.63, 3.8) is 0 Å². The zero-order valence-corrected chi connectivity index (χ0v) is 13.4. The molecule has 20 heavy (non-hydrogen) atoms. The van der Waals surface area contributed by atoms with Gasteiger partial charge in [-0.3, -0.25) is 0 Å². The quantitative estimate of drug-likeness (QED) is 0.791. The zero-order valence-electron chi connectivity index (χ0n) is 11.8. The lowest BCUT2D eigenvalue weighted by molar-refractivity contribution is -0.141. The molecule has 0 aromatic heterocycles. The Bertz CT molecular complexity index is 489. The molecule has 1 heterocycles. The first-order chi connectivity index (χ1) is 9.69. The molecule has 0 amide bonds. The Morgan fingerprint density at radius 3 is 2.50 bits per heavy atom. The van der Waals surface area contributed by atoms with E-state index in [0.29, 0.717) is 11.5 Å². The van der Waals surface area contributed by atoms with Gasteiger partial charge in [0.1, 0.15) is 6.07 Å². The van der Waals surface area contributed by atoms with E-state index in [2.05, 4.69) is 26.9 Å². The summed E-state index contributed by atoms with van der Waals surface area (Å²) >= 11 is 3.41. The van der Waals surface area contributed by atoms with Crippen molar-refractivity contribution in [3.05, 3.63) is 28.2 Å². The van der Waals surface area contributed by atoms with Crippen molar-refractivity contribution in [1.82, 2.24) is 0 Å². The number of ether oxygens (including phenoxy) is 2. The Kier molecular flexibility index (Phi) is 5.41. The molecule has 1 aliphatic heterocycles. The highest BCUT2D eigenvalue weighted by Crippen LogP contribution is 2.30. The van der Waals surface area contributed by atoms with Gasteiger partial charge in [-0.2, -0.15) is 5.26 Å². The topological polar surface area (TPSA) is 45.5 Å². The third kappa shape index (κ3) is 3.32.